The summed E-state index contributed by atoms with van der Waals surface area (Å²) in [5.41, 5.74) is 9.79. The molecule has 2 heterocycles. The van der Waals surface area contributed by atoms with Crippen LogP contribution in [0, 0.1) is 0 Å². The van der Waals surface area contributed by atoms with E-state index in [-0.39, 0.29) is 0 Å². The van der Waals surface area contributed by atoms with Gasteiger partial charge in [0.05, 0.1) is 5.69 Å². The van der Waals surface area contributed by atoms with Crippen molar-refractivity contribution in [3.05, 3.63) is 176 Å². The Hall–Kier alpha value is -6.16. The maximum absolute atomic E-state index is 6.44. The Morgan fingerprint density at radius 1 is 0.408 bits per heavy atom. The van der Waals surface area contributed by atoms with Crippen molar-refractivity contribution in [1.82, 2.24) is 0 Å². The first-order valence-electron chi connectivity index (χ1n) is 16.6. The van der Waals surface area contributed by atoms with Gasteiger partial charge in [0.1, 0.15) is 11.2 Å². The third-order valence-corrected chi connectivity index (χ3v) is 10.8. The number of hydrogen-bond donors (Lipinski definition) is 0. The summed E-state index contributed by atoms with van der Waals surface area (Å²) in [6.45, 7) is 0. The molecule has 8 aromatic carbocycles. The number of furan rings is 1. The van der Waals surface area contributed by atoms with Gasteiger partial charge in [-0.2, -0.15) is 0 Å². The smallest absolute Gasteiger partial charge is 0.137 e. The van der Waals surface area contributed by atoms with Gasteiger partial charge in [0.25, 0.3) is 0 Å². The second-order valence-corrected chi connectivity index (χ2v) is 13.6. The van der Waals surface area contributed by atoms with Crippen molar-refractivity contribution in [2.75, 3.05) is 4.90 Å². The molecule has 0 radical (unpaired) electrons. The molecule has 10 aromatic rings. The molecule has 3 heteroatoms. The molecule has 0 aliphatic rings. The van der Waals surface area contributed by atoms with Gasteiger partial charge in [0.2, 0.25) is 0 Å². The van der Waals surface area contributed by atoms with E-state index in [1.165, 1.54) is 53.2 Å². The number of anilines is 3. The van der Waals surface area contributed by atoms with E-state index in [2.05, 4.69) is 169 Å². The van der Waals surface area contributed by atoms with Crippen LogP contribution >= 0.6 is 11.3 Å². The normalized spacial score (nSPS) is 11.7. The molecular weight excluding hydrogens is 615 g/mol. The molecule has 2 aromatic heterocycles. The molecule has 10 rings (SSSR count). The van der Waals surface area contributed by atoms with Crippen LogP contribution in [-0.2, 0) is 0 Å². The number of rotatable bonds is 5. The summed E-state index contributed by atoms with van der Waals surface area (Å²) in [4.78, 5) is 2.39. The minimum absolute atomic E-state index is 0.873. The average molecular weight is 644 g/mol. The van der Waals surface area contributed by atoms with Crippen molar-refractivity contribution in [3.8, 4) is 22.3 Å². The Labute approximate surface area is 287 Å². The van der Waals surface area contributed by atoms with Crippen molar-refractivity contribution in [3.63, 3.8) is 0 Å². The second-order valence-electron chi connectivity index (χ2n) is 12.5. The van der Waals surface area contributed by atoms with Crippen molar-refractivity contribution in [2.24, 2.45) is 0 Å². The highest BCUT2D eigenvalue weighted by atomic mass is 32.1. The van der Waals surface area contributed by atoms with Gasteiger partial charge in [-0.1, -0.05) is 121 Å². The summed E-state index contributed by atoms with van der Waals surface area (Å²) >= 11 is 1.86. The molecule has 230 valence electrons. The van der Waals surface area contributed by atoms with E-state index in [0.717, 1.165) is 39.0 Å². The van der Waals surface area contributed by atoms with Gasteiger partial charge in [-0.3, -0.25) is 0 Å². The van der Waals surface area contributed by atoms with Crippen LogP contribution in [0.4, 0.5) is 17.1 Å². The van der Waals surface area contributed by atoms with Crippen molar-refractivity contribution in [1.29, 1.82) is 0 Å². The van der Waals surface area contributed by atoms with Gasteiger partial charge >= 0.3 is 0 Å². The van der Waals surface area contributed by atoms with Crippen molar-refractivity contribution < 1.29 is 4.42 Å². The first-order valence-corrected chi connectivity index (χ1v) is 17.4. The molecule has 0 aliphatic carbocycles. The number of benzene rings is 8. The number of hydrogen-bond acceptors (Lipinski definition) is 3. The SMILES string of the molecule is c1cc(-c2cccc3ccccc23)cc(N(c2ccc3c(c2)oc2ccccc23)c2ccccc2-c2cccc3sc4ccccc4c23)c1. The molecule has 0 fully saturated rings. The molecule has 0 spiro atoms. The van der Waals surface area contributed by atoms with Crippen LogP contribution in [-0.4, -0.2) is 0 Å². The van der Waals surface area contributed by atoms with Gasteiger partial charge < -0.3 is 9.32 Å². The Kier molecular flexibility index (Phi) is 6.39. The van der Waals surface area contributed by atoms with Gasteiger partial charge in [0.15, 0.2) is 0 Å². The van der Waals surface area contributed by atoms with E-state index in [0.29, 0.717) is 0 Å². The van der Waals surface area contributed by atoms with E-state index in [4.69, 9.17) is 4.42 Å². The third kappa shape index (κ3) is 4.55. The Morgan fingerprint density at radius 2 is 1.06 bits per heavy atom. The van der Waals surface area contributed by atoms with E-state index in [1.807, 2.05) is 23.5 Å². The lowest BCUT2D eigenvalue weighted by molar-refractivity contribution is 0.669. The molecule has 0 aliphatic heterocycles. The number of para-hydroxylation sites is 2. The van der Waals surface area contributed by atoms with E-state index >= 15 is 0 Å². The molecule has 0 bridgehead atoms. The lowest BCUT2D eigenvalue weighted by atomic mass is 9.96. The number of thiophene rings is 1. The second kappa shape index (κ2) is 11.2. The van der Waals surface area contributed by atoms with Crippen LogP contribution in [0.15, 0.2) is 180 Å². The predicted octanol–water partition coefficient (Wildman–Crippen LogP) is 13.9. The average Bonchev–Trinajstić information content (AvgIpc) is 3.73. The maximum Gasteiger partial charge on any atom is 0.137 e. The highest BCUT2D eigenvalue weighted by Gasteiger charge is 2.21. The van der Waals surface area contributed by atoms with Crippen LogP contribution in [0.2, 0.25) is 0 Å². The van der Waals surface area contributed by atoms with Gasteiger partial charge in [-0.15, -0.1) is 11.3 Å². The largest absolute Gasteiger partial charge is 0.456 e. The van der Waals surface area contributed by atoms with Crippen molar-refractivity contribution in [2.45, 2.75) is 0 Å². The highest BCUT2D eigenvalue weighted by molar-refractivity contribution is 7.25. The zero-order valence-electron chi connectivity index (χ0n) is 26.5. The van der Waals surface area contributed by atoms with Gasteiger partial charge in [-0.05, 0) is 76.0 Å². The lowest BCUT2D eigenvalue weighted by Crippen LogP contribution is -2.11. The highest BCUT2D eigenvalue weighted by Crippen LogP contribution is 2.47. The topological polar surface area (TPSA) is 16.4 Å². The lowest BCUT2D eigenvalue weighted by Gasteiger charge is -2.28. The summed E-state index contributed by atoms with van der Waals surface area (Å²) in [5, 5.41) is 7.32. The summed E-state index contributed by atoms with van der Waals surface area (Å²) in [7, 11) is 0. The number of fused-ring (bicyclic) bond motifs is 7. The standard InChI is InChI=1S/C46H29NOS/c1-2-16-34-30(12-1)13-10-20-35(34)31-14-9-15-32(28-31)47(33-26-27-38-37-18-4-7-23-42(37)48-43(38)29-33)41-22-6-3-17-36(41)39-21-11-25-45-46(39)40-19-5-8-24-44(40)49-45/h1-29H. The molecule has 0 atom stereocenters. The van der Waals surface area contributed by atoms with Crippen LogP contribution < -0.4 is 4.90 Å². The Balaban J connectivity index is 1.23. The van der Waals surface area contributed by atoms with E-state index in [1.54, 1.807) is 0 Å². The first-order chi connectivity index (χ1) is 24.3. The molecule has 0 saturated carbocycles. The van der Waals surface area contributed by atoms with Crippen LogP contribution in [0.25, 0.3) is 75.1 Å². The zero-order chi connectivity index (χ0) is 32.3. The molecule has 49 heavy (non-hydrogen) atoms. The molecule has 0 amide bonds. The van der Waals surface area contributed by atoms with Crippen LogP contribution in [0.1, 0.15) is 0 Å². The Bertz CT molecular complexity index is 2850. The maximum atomic E-state index is 6.44. The Morgan fingerprint density at radius 3 is 2.02 bits per heavy atom. The zero-order valence-corrected chi connectivity index (χ0v) is 27.3. The fraction of sp³-hybridized carbons (Fsp3) is 0. The fourth-order valence-corrected chi connectivity index (χ4v) is 8.60. The molecular formula is C46H29NOS. The first kappa shape index (κ1) is 27.9. The fourth-order valence-electron chi connectivity index (χ4n) is 7.47. The summed E-state index contributed by atoms with van der Waals surface area (Å²) in [6, 6.07) is 63.3. The van der Waals surface area contributed by atoms with Crippen LogP contribution in [0.5, 0.6) is 0 Å². The van der Waals surface area contributed by atoms with Crippen LogP contribution in [0.3, 0.4) is 0 Å². The molecule has 0 N–H and O–H groups in total. The van der Waals surface area contributed by atoms with Crippen molar-refractivity contribution >= 4 is 81.3 Å². The van der Waals surface area contributed by atoms with Gasteiger partial charge in [0, 0.05) is 53.9 Å². The summed E-state index contributed by atoms with van der Waals surface area (Å²) in [6.07, 6.45) is 0. The van der Waals surface area contributed by atoms with E-state index in [9.17, 15) is 0 Å². The monoisotopic (exact) mass is 643 g/mol. The van der Waals surface area contributed by atoms with E-state index < -0.39 is 0 Å². The molecule has 0 saturated heterocycles. The summed E-state index contributed by atoms with van der Waals surface area (Å²) < 4.78 is 9.04. The molecule has 0 unspecified atom stereocenters. The third-order valence-electron chi connectivity index (χ3n) is 9.66. The minimum Gasteiger partial charge on any atom is -0.456 e. The summed E-state index contributed by atoms with van der Waals surface area (Å²) in [5.74, 6) is 0. The number of nitrogens with zero attached hydrogens (tertiary/aromatic N) is 1. The quantitative estimate of drug-likeness (QED) is 0.186. The minimum atomic E-state index is 0.873. The molecule has 2 nitrogen and oxygen atoms in total. The van der Waals surface area contributed by atoms with Gasteiger partial charge in [-0.25, -0.2) is 0 Å². The predicted molar refractivity (Wildman–Crippen MR) is 210 cm³/mol.